The van der Waals surface area contributed by atoms with Crippen LogP contribution in [-0.2, 0) is 6.54 Å². The summed E-state index contributed by atoms with van der Waals surface area (Å²) in [4.78, 5) is 0. The van der Waals surface area contributed by atoms with E-state index in [-0.39, 0.29) is 0 Å². The van der Waals surface area contributed by atoms with Gasteiger partial charge in [-0.15, -0.1) is 0 Å². The maximum absolute atomic E-state index is 5.01. The van der Waals surface area contributed by atoms with Crippen LogP contribution in [0, 0.1) is 0 Å². The lowest BCUT2D eigenvalue weighted by atomic mass is 10.2. The largest absolute Gasteiger partial charge is 0.472 e. The molecule has 0 radical (unpaired) electrons. The molecule has 4 nitrogen and oxygen atoms in total. The van der Waals surface area contributed by atoms with Crippen LogP contribution in [0.5, 0.6) is 0 Å². The van der Waals surface area contributed by atoms with E-state index in [0.717, 1.165) is 36.5 Å². The number of aromatic amines is 1. The van der Waals surface area contributed by atoms with Crippen molar-refractivity contribution in [3.63, 3.8) is 0 Å². The Morgan fingerprint density at radius 1 is 1.53 bits per heavy atom. The smallest absolute Gasteiger partial charge is 0.0997 e. The fraction of sp³-hybridized carbons (Fsp3) is 0.364. The predicted octanol–water partition coefficient (Wildman–Crippen LogP) is 2.17. The molecule has 15 heavy (non-hydrogen) atoms. The number of rotatable bonds is 5. The first kappa shape index (κ1) is 9.98. The van der Waals surface area contributed by atoms with Gasteiger partial charge in [-0.05, 0) is 25.1 Å². The third-order valence-electron chi connectivity index (χ3n) is 2.19. The standard InChI is InChI=1S/C11H15N3O/c1-2-4-12-7-10-6-11(14-13-10)9-3-5-15-8-9/h3,5-6,8,12H,2,4,7H2,1H3,(H,13,14). The molecule has 0 bridgehead atoms. The first-order valence-corrected chi connectivity index (χ1v) is 5.17. The van der Waals surface area contributed by atoms with Gasteiger partial charge in [0.25, 0.3) is 0 Å². The highest BCUT2D eigenvalue weighted by Crippen LogP contribution is 2.17. The van der Waals surface area contributed by atoms with E-state index in [1.165, 1.54) is 0 Å². The molecule has 4 heteroatoms. The van der Waals surface area contributed by atoms with Gasteiger partial charge in [-0.25, -0.2) is 0 Å². The Morgan fingerprint density at radius 2 is 2.47 bits per heavy atom. The summed E-state index contributed by atoms with van der Waals surface area (Å²) in [5, 5.41) is 10.5. The van der Waals surface area contributed by atoms with Crippen LogP contribution < -0.4 is 5.32 Å². The van der Waals surface area contributed by atoms with Gasteiger partial charge < -0.3 is 9.73 Å². The normalized spacial score (nSPS) is 10.7. The van der Waals surface area contributed by atoms with E-state index in [2.05, 4.69) is 22.4 Å². The van der Waals surface area contributed by atoms with Crippen LogP contribution in [0.25, 0.3) is 11.3 Å². The molecule has 2 aromatic rings. The summed E-state index contributed by atoms with van der Waals surface area (Å²) < 4.78 is 5.01. The first-order valence-electron chi connectivity index (χ1n) is 5.17. The van der Waals surface area contributed by atoms with E-state index in [9.17, 15) is 0 Å². The van der Waals surface area contributed by atoms with Crippen molar-refractivity contribution in [1.29, 1.82) is 0 Å². The second-order valence-corrected chi connectivity index (χ2v) is 3.47. The summed E-state index contributed by atoms with van der Waals surface area (Å²) in [5.41, 5.74) is 3.03. The van der Waals surface area contributed by atoms with Crippen molar-refractivity contribution in [3.05, 3.63) is 30.4 Å². The second kappa shape index (κ2) is 4.79. The quantitative estimate of drug-likeness (QED) is 0.735. The number of hydrogen-bond donors (Lipinski definition) is 2. The fourth-order valence-corrected chi connectivity index (χ4v) is 1.41. The van der Waals surface area contributed by atoms with Crippen molar-refractivity contribution in [2.24, 2.45) is 0 Å². The summed E-state index contributed by atoms with van der Waals surface area (Å²) in [7, 11) is 0. The van der Waals surface area contributed by atoms with Crippen LogP contribution in [0.4, 0.5) is 0 Å². The monoisotopic (exact) mass is 205 g/mol. The number of furan rings is 1. The Kier molecular flexibility index (Phi) is 3.19. The minimum absolute atomic E-state index is 0.832. The molecule has 0 aliphatic carbocycles. The fourth-order valence-electron chi connectivity index (χ4n) is 1.41. The van der Waals surface area contributed by atoms with Gasteiger partial charge in [0.15, 0.2) is 0 Å². The third kappa shape index (κ3) is 2.47. The lowest BCUT2D eigenvalue weighted by Gasteiger charge is -1.97. The molecule has 2 N–H and O–H groups in total. The van der Waals surface area contributed by atoms with Crippen LogP contribution in [-0.4, -0.2) is 16.7 Å². The number of H-pyrrole nitrogens is 1. The number of aromatic nitrogens is 2. The van der Waals surface area contributed by atoms with Crippen molar-refractivity contribution in [3.8, 4) is 11.3 Å². The molecule has 0 aromatic carbocycles. The van der Waals surface area contributed by atoms with Gasteiger partial charge in [-0.3, -0.25) is 5.10 Å². The molecule has 2 heterocycles. The topological polar surface area (TPSA) is 53.9 Å². The van der Waals surface area contributed by atoms with Gasteiger partial charge in [0.1, 0.15) is 0 Å². The average Bonchev–Trinajstić information content (AvgIpc) is 2.87. The van der Waals surface area contributed by atoms with Gasteiger partial charge in [0.2, 0.25) is 0 Å². The summed E-state index contributed by atoms with van der Waals surface area (Å²) >= 11 is 0. The number of nitrogens with zero attached hydrogens (tertiary/aromatic N) is 1. The molecule has 0 aliphatic rings. The Bertz CT molecular complexity index is 392. The van der Waals surface area contributed by atoms with E-state index >= 15 is 0 Å². The summed E-state index contributed by atoms with van der Waals surface area (Å²) in [6.45, 7) is 4.01. The molecule has 0 unspecified atom stereocenters. The van der Waals surface area contributed by atoms with Gasteiger partial charge in [0, 0.05) is 17.8 Å². The molecule has 0 spiro atoms. The summed E-state index contributed by atoms with van der Waals surface area (Å²) in [6, 6.07) is 3.94. The highest BCUT2D eigenvalue weighted by atomic mass is 16.3. The molecule has 0 atom stereocenters. The van der Waals surface area contributed by atoms with Crippen LogP contribution in [0.1, 0.15) is 19.0 Å². The molecule has 0 saturated carbocycles. The van der Waals surface area contributed by atoms with Crippen molar-refractivity contribution < 1.29 is 4.42 Å². The highest BCUT2D eigenvalue weighted by molar-refractivity contribution is 5.57. The predicted molar refractivity (Wildman–Crippen MR) is 58.3 cm³/mol. The van der Waals surface area contributed by atoms with E-state index in [4.69, 9.17) is 4.42 Å². The Morgan fingerprint density at radius 3 is 3.20 bits per heavy atom. The highest BCUT2D eigenvalue weighted by Gasteiger charge is 2.04. The van der Waals surface area contributed by atoms with Crippen LogP contribution in [0.2, 0.25) is 0 Å². The first-order chi connectivity index (χ1) is 7.40. The van der Waals surface area contributed by atoms with Crippen LogP contribution >= 0.6 is 0 Å². The zero-order chi connectivity index (χ0) is 10.5. The van der Waals surface area contributed by atoms with E-state index in [1.807, 2.05) is 12.1 Å². The zero-order valence-electron chi connectivity index (χ0n) is 8.79. The maximum atomic E-state index is 5.01. The minimum Gasteiger partial charge on any atom is -0.472 e. The van der Waals surface area contributed by atoms with Crippen molar-refractivity contribution in [2.75, 3.05) is 6.54 Å². The summed E-state index contributed by atoms with van der Waals surface area (Å²) in [6.07, 6.45) is 4.49. The van der Waals surface area contributed by atoms with Gasteiger partial charge in [-0.2, -0.15) is 5.10 Å². The minimum atomic E-state index is 0.832. The number of hydrogen-bond acceptors (Lipinski definition) is 3. The van der Waals surface area contributed by atoms with E-state index in [1.54, 1.807) is 12.5 Å². The molecule has 0 amide bonds. The number of nitrogens with one attached hydrogen (secondary N) is 2. The molecule has 0 saturated heterocycles. The second-order valence-electron chi connectivity index (χ2n) is 3.47. The maximum Gasteiger partial charge on any atom is 0.0997 e. The molecular formula is C11H15N3O. The van der Waals surface area contributed by atoms with Crippen LogP contribution in [0.15, 0.2) is 29.1 Å². The third-order valence-corrected chi connectivity index (χ3v) is 2.19. The van der Waals surface area contributed by atoms with Crippen molar-refractivity contribution in [2.45, 2.75) is 19.9 Å². The van der Waals surface area contributed by atoms with Gasteiger partial charge >= 0.3 is 0 Å². The van der Waals surface area contributed by atoms with E-state index < -0.39 is 0 Å². The Hall–Kier alpha value is -1.55. The van der Waals surface area contributed by atoms with E-state index in [0.29, 0.717) is 0 Å². The van der Waals surface area contributed by atoms with Crippen LogP contribution in [0.3, 0.4) is 0 Å². The van der Waals surface area contributed by atoms with Crippen molar-refractivity contribution >= 4 is 0 Å². The lowest BCUT2D eigenvalue weighted by Crippen LogP contribution is -2.13. The molecule has 0 fully saturated rings. The Labute approximate surface area is 88.7 Å². The zero-order valence-corrected chi connectivity index (χ0v) is 8.79. The molecule has 0 aliphatic heterocycles. The summed E-state index contributed by atoms with van der Waals surface area (Å²) in [5.74, 6) is 0. The average molecular weight is 205 g/mol. The molecular weight excluding hydrogens is 190 g/mol. The Balaban J connectivity index is 1.98. The SMILES string of the molecule is CCCNCc1cc(-c2ccoc2)n[nH]1. The molecule has 80 valence electrons. The molecule has 2 rings (SSSR count). The lowest BCUT2D eigenvalue weighted by molar-refractivity contribution is 0.568. The molecule has 2 aromatic heterocycles. The van der Waals surface area contributed by atoms with Crippen molar-refractivity contribution in [1.82, 2.24) is 15.5 Å². The van der Waals surface area contributed by atoms with Gasteiger partial charge in [-0.1, -0.05) is 6.92 Å². The van der Waals surface area contributed by atoms with Gasteiger partial charge in [0.05, 0.1) is 18.2 Å².